The zero-order chi connectivity index (χ0) is 13.6. The molecule has 104 valence electrons. The molecule has 0 aliphatic carbocycles. The van der Waals surface area contributed by atoms with Gasteiger partial charge < -0.3 is 15.1 Å². The zero-order valence-corrected chi connectivity index (χ0v) is 12.4. The Labute approximate surface area is 112 Å². The first-order valence-electron chi connectivity index (χ1n) is 6.99. The first kappa shape index (κ1) is 15.4. The number of rotatable bonds is 6. The molecule has 4 nitrogen and oxygen atoms in total. The van der Waals surface area contributed by atoms with Crippen molar-refractivity contribution >= 4 is 0 Å². The number of hydrogen-bond donors (Lipinski definition) is 1. The Kier molecular flexibility index (Phi) is 6.07. The minimum atomic E-state index is -0.367. The first-order valence-corrected chi connectivity index (χ1v) is 6.99. The Morgan fingerprint density at radius 2 is 2.06 bits per heavy atom. The van der Waals surface area contributed by atoms with Crippen LogP contribution in [0.5, 0.6) is 0 Å². The van der Waals surface area contributed by atoms with Crippen molar-refractivity contribution in [3.05, 3.63) is 0 Å². The molecular formula is C14H28N4. The molecule has 0 aromatic carbocycles. The van der Waals surface area contributed by atoms with E-state index in [9.17, 15) is 0 Å². The predicted molar refractivity (Wildman–Crippen MR) is 75.5 cm³/mol. The molecule has 1 heterocycles. The van der Waals surface area contributed by atoms with E-state index in [-0.39, 0.29) is 5.54 Å². The van der Waals surface area contributed by atoms with Crippen LogP contribution in [-0.2, 0) is 0 Å². The lowest BCUT2D eigenvalue weighted by Gasteiger charge is -2.35. The second-order valence-electron chi connectivity index (χ2n) is 5.81. The summed E-state index contributed by atoms with van der Waals surface area (Å²) in [6.45, 7) is 5.48. The third-order valence-corrected chi connectivity index (χ3v) is 4.30. The van der Waals surface area contributed by atoms with Crippen LogP contribution in [0, 0.1) is 11.3 Å². The predicted octanol–water partition coefficient (Wildman–Crippen LogP) is 1.29. The number of piperidine rings is 1. The van der Waals surface area contributed by atoms with Gasteiger partial charge in [-0.1, -0.05) is 0 Å². The SMILES string of the molecule is CNC(C)(C#N)CCCN(C)C1CCN(C)CC1. The highest BCUT2D eigenvalue weighted by molar-refractivity contribution is 5.02. The standard InChI is InChI=1S/C14H28N4/c1-14(12-15,16-2)8-5-9-18(4)13-6-10-17(3)11-7-13/h13,16H,5-11H2,1-4H3. The molecular weight excluding hydrogens is 224 g/mol. The summed E-state index contributed by atoms with van der Waals surface area (Å²) in [5, 5.41) is 12.2. The van der Waals surface area contributed by atoms with Gasteiger partial charge in [-0.3, -0.25) is 0 Å². The maximum atomic E-state index is 9.10. The van der Waals surface area contributed by atoms with Crippen molar-refractivity contribution in [3.63, 3.8) is 0 Å². The Morgan fingerprint density at radius 3 is 2.56 bits per heavy atom. The summed E-state index contributed by atoms with van der Waals surface area (Å²) in [5.74, 6) is 0. The topological polar surface area (TPSA) is 42.3 Å². The number of nitriles is 1. The Bertz CT molecular complexity index is 278. The molecule has 4 heteroatoms. The van der Waals surface area contributed by atoms with Crippen molar-refractivity contribution in [3.8, 4) is 6.07 Å². The van der Waals surface area contributed by atoms with Gasteiger partial charge >= 0.3 is 0 Å². The van der Waals surface area contributed by atoms with Gasteiger partial charge in [0.25, 0.3) is 0 Å². The summed E-state index contributed by atoms with van der Waals surface area (Å²) in [6.07, 6.45) is 4.54. The van der Waals surface area contributed by atoms with Gasteiger partial charge in [-0.05, 0) is 73.4 Å². The number of nitrogens with one attached hydrogen (secondary N) is 1. The summed E-state index contributed by atoms with van der Waals surface area (Å²) >= 11 is 0. The van der Waals surface area contributed by atoms with Gasteiger partial charge in [0.15, 0.2) is 0 Å². The normalized spacial score (nSPS) is 21.8. The molecule has 1 aliphatic heterocycles. The van der Waals surface area contributed by atoms with Crippen LogP contribution < -0.4 is 5.32 Å². The molecule has 0 spiro atoms. The molecule has 1 atom stereocenters. The molecule has 1 fully saturated rings. The van der Waals surface area contributed by atoms with Crippen molar-refractivity contribution in [1.29, 1.82) is 5.26 Å². The van der Waals surface area contributed by atoms with Gasteiger partial charge in [0.1, 0.15) is 5.54 Å². The molecule has 1 rings (SSSR count). The maximum Gasteiger partial charge on any atom is 0.103 e. The summed E-state index contributed by atoms with van der Waals surface area (Å²) < 4.78 is 0. The van der Waals surface area contributed by atoms with Gasteiger partial charge in [0.2, 0.25) is 0 Å². The highest BCUT2D eigenvalue weighted by atomic mass is 15.2. The summed E-state index contributed by atoms with van der Waals surface area (Å²) in [5.41, 5.74) is -0.367. The molecule has 0 aromatic rings. The molecule has 18 heavy (non-hydrogen) atoms. The van der Waals surface area contributed by atoms with E-state index in [4.69, 9.17) is 5.26 Å². The van der Waals surface area contributed by atoms with Crippen molar-refractivity contribution in [2.45, 2.75) is 44.2 Å². The average molecular weight is 252 g/mol. The van der Waals surface area contributed by atoms with Gasteiger partial charge in [0.05, 0.1) is 6.07 Å². The van der Waals surface area contributed by atoms with E-state index in [0.29, 0.717) is 0 Å². The van der Waals surface area contributed by atoms with Crippen LogP contribution >= 0.6 is 0 Å². The third kappa shape index (κ3) is 4.56. The van der Waals surface area contributed by atoms with Crippen LogP contribution in [0.4, 0.5) is 0 Å². The lowest BCUT2D eigenvalue weighted by molar-refractivity contribution is 0.141. The Hall–Kier alpha value is -0.630. The lowest BCUT2D eigenvalue weighted by atomic mass is 9.97. The molecule has 0 saturated carbocycles. The van der Waals surface area contributed by atoms with Gasteiger partial charge in [-0.15, -0.1) is 0 Å². The average Bonchev–Trinajstić information content (AvgIpc) is 2.39. The molecule has 0 radical (unpaired) electrons. The largest absolute Gasteiger partial charge is 0.306 e. The Balaban J connectivity index is 2.25. The fraction of sp³-hybridized carbons (Fsp3) is 0.929. The van der Waals surface area contributed by atoms with Crippen LogP contribution in [0.15, 0.2) is 0 Å². The van der Waals surface area contributed by atoms with Gasteiger partial charge in [-0.25, -0.2) is 0 Å². The fourth-order valence-electron chi connectivity index (χ4n) is 2.54. The number of likely N-dealkylation sites (tertiary alicyclic amines) is 1. The quantitative estimate of drug-likeness (QED) is 0.773. The smallest absolute Gasteiger partial charge is 0.103 e. The van der Waals surface area contributed by atoms with Crippen LogP contribution in [0.2, 0.25) is 0 Å². The first-order chi connectivity index (χ1) is 8.50. The second-order valence-corrected chi connectivity index (χ2v) is 5.81. The van der Waals surface area contributed by atoms with Gasteiger partial charge in [0, 0.05) is 6.04 Å². The summed E-state index contributed by atoms with van der Waals surface area (Å²) in [6, 6.07) is 3.08. The van der Waals surface area contributed by atoms with Crippen LogP contribution in [0.1, 0.15) is 32.6 Å². The van der Waals surface area contributed by atoms with Crippen LogP contribution in [0.3, 0.4) is 0 Å². The second kappa shape index (κ2) is 7.08. The van der Waals surface area contributed by atoms with E-state index in [0.717, 1.165) is 25.4 Å². The van der Waals surface area contributed by atoms with Crippen LogP contribution in [0.25, 0.3) is 0 Å². The molecule has 0 amide bonds. The molecule has 1 aliphatic rings. The van der Waals surface area contributed by atoms with E-state index in [1.165, 1.54) is 25.9 Å². The van der Waals surface area contributed by atoms with E-state index in [2.05, 4.69) is 35.3 Å². The molecule has 0 aromatic heterocycles. The number of nitrogens with zero attached hydrogens (tertiary/aromatic N) is 3. The zero-order valence-electron chi connectivity index (χ0n) is 12.4. The van der Waals surface area contributed by atoms with E-state index in [1.54, 1.807) is 0 Å². The monoisotopic (exact) mass is 252 g/mol. The minimum absolute atomic E-state index is 0.367. The highest BCUT2D eigenvalue weighted by Gasteiger charge is 2.23. The molecule has 1 saturated heterocycles. The van der Waals surface area contributed by atoms with E-state index in [1.807, 2.05) is 14.0 Å². The summed E-state index contributed by atoms with van der Waals surface area (Å²) in [4.78, 5) is 4.87. The van der Waals surface area contributed by atoms with Crippen LogP contribution in [-0.4, -0.2) is 62.2 Å². The third-order valence-electron chi connectivity index (χ3n) is 4.30. The van der Waals surface area contributed by atoms with Crippen molar-refractivity contribution in [2.75, 3.05) is 40.8 Å². The Morgan fingerprint density at radius 1 is 1.44 bits per heavy atom. The van der Waals surface area contributed by atoms with Crippen molar-refractivity contribution in [1.82, 2.24) is 15.1 Å². The molecule has 1 unspecified atom stereocenters. The minimum Gasteiger partial charge on any atom is -0.306 e. The van der Waals surface area contributed by atoms with E-state index < -0.39 is 0 Å². The molecule has 0 bridgehead atoms. The van der Waals surface area contributed by atoms with Gasteiger partial charge in [-0.2, -0.15) is 5.26 Å². The van der Waals surface area contributed by atoms with Crippen molar-refractivity contribution in [2.24, 2.45) is 0 Å². The summed E-state index contributed by atoms with van der Waals surface area (Å²) in [7, 11) is 6.28. The van der Waals surface area contributed by atoms with E-state index >= 15 is 0 Å². The number of hydrogen-bond acceptors (Lipinski definition) is 4. The maximum absolute atomic E-state index is 9.10. The lowest BCUT2D eigenvalue weighted by Crippen LogP contribution is -2.43. The highest BCUT2D eigenvalue weighted by Crippen LogP contribution is 2.16. The fourth-order valence-corrected chi connectivity index (χ4v) is 2.54. The van der Waals surface area contributed by atoms with Crippen molar-refractivity contribution < 1.29 is 0 Å². The molecule has 1 N–H and O–H groups in total.